The van der Waals surface area contributed by atoms with Gasteiger partial charge in [-0.2, -0.15) is 0 Å². The van der Waals surface area contributed by atoms with Crippen LogP contribution in [0.3, 0.4) is 0 Å². The van der Waals surface area contributed by atoms with Gasteiger partial charge in [-0.05, 0) is 49.7 Å². The average molecular weight is 430 g/mol. The average Bonchev–Trinajstić information content (AvgIpc) is 2.79. The summed E-state index contributed by atoms with van der Waals surface area (Å²) in [6, 6.07) is 11.7. The number of nitrogens with zero attached hydrogens (tertiary/aromatic N) is 2. The third kappa shape index (κ3) is 5.95. The second kappa shape index (κ2) is 10.6. The number of benzene rings is 2. The van der Waals surface area contributed by atoms with E-state index in [1.807, 2.05) is 32.0 Å². The molecular formula is C24H32FN3O3. The van der Waals surface area contributed by atoms with Gasteiger partial charge in [-0.3, -0.25) is 14.6 Å². The van der Waals surface area contributed by atoms with E-state index in [0.717, 1.165) is 55.3 Å². The van der Waals surface area contributed by atoms with E-state index >= 15 is 0 Å². The van der Waals surface area contributed by atoms with Crippen LogP contribution in [0.5, 0.6) is 11.5 Å². The third-order valence-electron chi connectivity index (χ3n) is 5.94. The van der Waals surface area contributed by atoms with Crippen molar-refractivity contribution in [1.29, 1.82) is 0 Å². The van der Waals surface area contributed by atoms with Gasteiger partial charge in [0.05, 0.1) is 26.3 Å². The molecule has 168 valence electrons. The lowest BCUT2D eigenvalue weighted by molar-refractivity contribution is -0.127. The third-order valence-corrected chi connectivity index (χ3v) is 5.94. The molecule has 2 atom stereocenters. The lowest BCUT2D eigenvalue weighted by atomic mass is 10.1. The second-order valence-electron chi connectivity index (χ2n) is 7.95. The summed E-state index contributed by atoms with van der Waals surface area (Å²) in [5.41, 5.74) is 1.98. The minimum absolute atomic E-state index is 0.0141. The Bertz CT molecular complexity index is 867. The zero-order valence-electron chi connectivity index (χ0n) is 18.7. The van der Waals surface area contributed by atoms with Crippen LogP contribution in [-0.2, 0) is 11.3 Å². The molecule has 0 saturated carbocycles. The standard InChI is InChI=1S/C24H32FN3O3/c1-17(19-5-7-21(25)8-6-19)26-24(29)18(2)28-13-11-27(12-14-28)16-20-15-22(30-3)9-10-23(20)31-4/h5-10,15,17-18H,11-14,16H2,1-4H3,(H,26,29). The molecule has 2 aromatic carbocycles. The lowest BCUT2D eigenvalue weighted by Crippen LogP contribution is -2.53. The zero-order valence-corrected chi connectivity index (χ0v) is 18.7. The SMILES string of the molecule is COc1ccc(OC)c(CN2CCN(C(C)C(=O)NC(C)c3ccc(F)cc3)CC2)c1. The molecule has 1 amide bonds. The zero-order chi connectivity index (χ0) is 22.4. The fourth-order valence-corrected chi connectivity index (χ4v) is 3.89. The summed E-state index contributed by atoms with van der Waals surface area (Å²) in [5, 5.41) is 3.04. The molecule has 0 spiro atoms. The minimum atomic E-state index is -0.278. The molecule has 1 N–H and O–H groups in total. The largest absolute Gasteiger partial charge is 0.497 e. The molecule has 0 radical (unpaired) electrons. The van der Waals surface area contributed by atoms with E-state index in [0.29, 0.717) is 0 Å². The maximum absolute atomic E-state index is 13.1. The maximum Gasteiger partial charge on any atom is 0.237 e. The minimum Gasteiger partial charge on any atom is -0.497 e. The molecule has 2 aromatic rings. The van der Waals surface area contributed by atoms with E-state index in [-0.39, 0.29) is 23.8 Å². The van der Waals surface area contributed by atoms with Gasteiger partial charge in [0, 0.05) is 38.3 Å². The number of carbonyl (C=O) groups excluding carboxylic acids is 1. The van der Waals surface area contributed by atoms with Gasteiger partial charge in [-0.1, -0.05) is 12.1 Å². The van der Waals surface area contributed by atoms with Crippen molar-refractivity contribution in [2.45, 2.75) is 32.5 Å². The summed E-state index contributed by atoms with van der Waals surface area (Å²) < 4.78 is 24.0. The van der Waals surface area contributed by atoms with Gasteiger partial charge < -0.3 is 14.8 Å². The molecule has 2 unspecified atom stereocenters. The number of hydrogen-bond donors (Lipinski definition) is 1. The second-order valence-corrected chi connectivity index (χ2v) is 7.95. The summed E-state index contributed by atoms with van der Waals surface area (Å²) in [4.78, 5) is 17.3. The molecule has 1 saturated heterocycles. The van der Waals surface area contributed by atoms with E-state index in [9.17, 15) is 9.18 Å². The van der Waals surface area contributed by atoms with Crippen LogP contribution < -0.4 is 14.8 Å². The van der Waals surface area contributed by atoms with E-state index < -0.39 is 0 Å². The van der Waals surface area contributed by atoms with Crippen molar-refractivity contribution in [2.24, 2.45) is 0 Å². The quantitative estimate of drug-likeness (QED) is 0.698. The van der Waals surface area contributed by atoms with Crippen molar-refractivity contribution in [3.05, 3.63) is 59.4 Å². The molecule has 6 nitrogen and oxygen atoms in total. The molecule has 31 heavy (non-hydrogen) atoms. The number of rotatable bonds is 8. The van der Waals surface area contributed by atoms with Crippen LogP contribution in [0.15, 0.2) is 42.5 Å². The first-order chi connectivity index (χ1) is 14.9. The highest BCUT2D eigenvalue weighted by Gasteiger charge is 2.27. The first-order valence-corrected chi connectivity index (χ1v) is 10.6. The molecule has 1 aliphatic rings. The number of ether oxygens (including phenoxy) is 2. The van der Waals surface area contributed by atoms with Crippen molar-refractivity contribution in [3.63, 3.8) is 0 Å². The van der Waals surface area contributed by atoms with Gasteiger partial charge in [0.25, 0.3) is 0 Å². The number of methoxy groups -OCH3 is 2. The Kier molecular flexibility index (Phi) is 7.87. The van der Waals surface area contributed by atoms with Crippen LogP contribution >= 0.6 is 0 Å². The lowest BCUT2D eigenvalue weighted by Gasteiger charge is -2.37. The van der Waals surface area contributed by atoms with Crippen molar-refractivity contribution in [3.8, 4) is 11.5 Å². The van der Waals surface area contributed by atoms with E-state index in [2.05, 4.69) is 15.1 Å². The molecule has 1 aliphatic heterocycles. The number of carbonyl (C=O) groups is 1. The van der Waals surface area contributed by atoms with Crippen molar-refractivity contribution in [2.75, 3.05) is 40.4 Å². The maximum atomic E-state index is 13.1. The van der Waals surface area contributed by atoms with Crippen LogP contribution in [0.2, 0.25) is 0 Å². The van der Waals surface area contributed by atoms with E-state index in [1.165, 1.54) is 12.1 Å². The molecule has 7 heteroatoms. The summed E-state index contributed by atoms with van der Waals surface area (Å²) in [6.07, 6.45) is 0. The van der Waals surface area contributed by atoms with Gasteiger partial charge in [0.1, 0.15) is 17.3 Å². The van der Waals surface area contributed by atoms with Crippen molar-refractivity contribution >= 4 is 5.91 Å². The molecule has 1 heterocycles. The Morgan fingerprint density at radius 2 is 1.71 bits per heavy atom. The predicted molar refractivity (Wildman–Crippen MR) is 119 cm³/mol. The fraction of sp³-hybridized carbons (Fsp3) is 0.458. The van der Waals surface area contributed by atoms with Crippen LogP contribution in [0.4, 0.5) is 4.39 Å². The summed E-state index contributed by atoms with van der Waals surface area (Å²) in [7, 11) is 3.34. The first-order valence-electron chi connectivity index (χ1n) is 10.6. The van der Waals surface area contributed by atoms with Crippen molar-refractivity contribution in [1.82, 2.24) is 15.1 Å². The van der Waals surface area contributed by atoms with Gasteiger partial charge in [0.2, 0.25) is 5.91 Å². The molecule has 0 aromatic heterocycles. The van der Waals surface area contributed by atoms with Gasteiger partial charge in [-0.25, -0.2) is 4.39 Å². The molecule has 3 rings (SSSR count). The molecule has 1 fully saturated rings. The fourth-order valence-electron chi connectivity index (χ4n) is 3.89. The first kappa shape index (κ1) is 23.0. The van der Waals surface area contributed by atoms with Crippen LogP contribution in [0, 0.1) is 5.82 Å². The Morgan fingerprint density at radius 1 is 1.03 bits per heavy atom. The summed E-state index contributed by atoms with van der Waals surface area (Å²) >= 11 is 0. The van der Waals surface area contributed by atoms with Crippen LogP contribution in [0.25, 0.3) is 0 Å². The Hall–Kier alpha value is -2.64. The smallest absolute Gasteiger partial charge is 0.237 e. The van der Waals surface area contributed by atoms with Crippen molar-refractivity contribution < 1.29 is 18.7 Å². The number of piperazine rings is 1. The summed E-state index contributed by atoms with van der Waals surface area (Å²) in [5.74, 6) is 1.38. The highest BCUT2D eigenvalue weighted by molar-refractivity contribution is 5.81. The van der Waals surface area contributed by atoms with E-state index in [1.54, 1.807) is 26.4 Å². The number of nitrogens with one attached hydrogen (secondary N) is 1. The monoisotopic (exact) mass is 429 g/mol. The molecule has 0 aliphatic carbocycles. The number of amides is 1. The summed E-state index contributed by atoms with van der Waals surface area (Å²) in [6.45, 7) is 7.98. The normalized spacial score (nSPS) is 17.1. The molecular weight excluding hydrogens is 397 g/mol. The van der Waals surface area contributed by atoms with Gasteiger partial charge in [0.15, 0.2) is 0 Å². The Balaban J connectivity index is 1.52. The van der Waals surface area contributed by atoms with Gasteiger partial charge in [-0.15, -0.1) is 0 Å². The number of halogens is 1. The van der Waals surface area contributed by atoms with E-state index in [4.69, 9.17) is 9.47 Å². The van der Waals surface area contributed by atoms with Crippen LogP contribution in [0.1, 0.15) is 31.0 Å². The predicted octanol–water partition coefficient (Wildman–Crippen LogP) is 3.23. The highest BCUT2D eigenvalue weighted by atomic mass is 19.1. The number of hydrogen-bond acceptors (Lipinski definition) is 5. The topological polar surface area (TPSA) is 54.0 Å². The highest BCUT2D eigenvalue weighted by Crippen LogP contribution is 2.26. The van der Waals surface area contributed by atoms with Crippen LogP contribution in [-0.4, -0.2) is 62.1 Å². The molecule has 0 bridgehead atoms. The Morgan fingerprint density at radius 3 is 2.32 bits per heavy atom. The van der Waals surface area contributed by atoms with Gasteiger partial charge >= 0.3 is 0 Å². The Labute approximate surface area is 183 Å².